The first kappa shape index (κ1) is 12.7. The van der Waals surface area contributed by atoms with Crippen molar-refractivity contribution in [1.29, 1.82) is 0 Å². The van der Waals surface area contributed by atoms with Crippen molar-refractivity contribution in [3.63, 3.8) is 0 Å². The first-order valence-corrected chi connectivity index (χ1v) is 5.86. The van der Waals surface area contributed by atoms with Gasteiger partial charge in [-0.1, -0.05) is 13.8 Å². The molecule has 1 fully saturated rings. The van der Waals surface area contributed by atoms with E-state index >= 15 is 0 Å². The van der Waals surface area contributed by atoms with Gasteiger partial charge in [0, 0.05) is 7.05 Å². The van der Waals surface area contributed by atoms with Crippen molar-refractivity contribution in [2.24, 2.45) is 17.3 Å². The smallest absolute Gasteiger partial charge is 0.307 e. The number of furan rings is 1. The summed E-state index contributed by atoms with van der Waals surface area (Å²) < 4.78 is 5.17. The highest BCUT2D eigenvalue weighted by Crippen LogP contribution is 2.58. The number of carboxylic acid groups (broad SMARTS) is 1. The van der Waals surface area contributed by atoms with Crippen LogP contribution in [-0.2, 0) is 16.1 Å². The fourth-order valence-electron chi connectivity index (χ4n) is 2.51. The van der Waals surface area contributed by atoms with E-state index in [1.807, 2.05) is 13.8 Å². The van der Waals surface area contributed by atoms with Gasteiger partial charge in [0.05, 0.1) is 24.6 Å². The van der Waals surface area contributed by atoms with Gasteiger partial charge in [0.1, 0.15) is 5.76 Å². The predicted molar refractivity (Wildman–Crippen MR) is 63.6 cm³/mol. The minimum absolute atomic E-state index is 0.135. The molecule has 0 bridgehead atoms. The van der Waals surface area contributed by atoms with Crippen molar-refractivity contribution >= 4 is 11.9 Å². The van der Waals surface area contributed by atoms with E-state index in [0.717, 1.165) is 0 Å². The molecule has 18 heavy (non-hydrogen) atoms. The summed E-state index contributed by atoms with van der Waals surface area (Å²) in [7, 11) is 1.66. The number of carbonyl (C=O) groups is 2. The highest BCUT2D eigenvalue weighted by molar-refractivity contribution is 5.91. The van der Waals surface area contributed by atoms with Crippen molar-refractivity contribution in [2.45, 2.75) is 20.4 Å². The van der Waals surface area contributed by atoms with Crippen LogP contribution in [0.2, 0.25) is 0 Å². The van der Waals surface area contributed by atoms with Crippen LogP contribution in [0.3, 0.4) is 0 Å². The van der Waals surface area contributed by atoms with Gasteiger partial charge in [-0.25, -0.2) is 0 Å². The molecule has 0 saturated heterocycles. The molecule has 2 atom stereocenters. The Bertz CT molecular complexity index is 463. The summed E-state index contributed by atoms with van der Waals surface area (Å²) in [6.07, 6.45) is 1.55. The summed E-state index contributed by atoms with van der Waals surface area (Å²) in [5.74, 6) is -1.36. The molecule has 1 aliphatic rings. The van der Waals surface area contributed by atoms with Crippen molar-refractivity contribution in [1.82, 2.24) is 4.90 Å². The first-order valence-electron chi connectivity index (χ1n) is 5.86. The SMILES string of the molecule is CN(Cc1ccco1)C(=O)[C@H]1[C@@H](C(=O)O)C1(C)C. The first-order chi connectivity index (χ1) is 8.35. The molecule has 0 spiro atoms. The van der Waals surface area contributed by atoms with Gasteiger partial charge in [-0.2, -0.15) is 0 Å². The molecule has 1 saturated carbocycles. The maximum atomic E-state index is 12.2. The highest BCUT2D eigenvalue weighted by Gasteiger charge is 2.66. The minimum Gasteiger partial charge on any atom is -0.481 e. The second kappa shape index (κ2) is 4.15. The number of carbonyl (C=O) groups excluding carboxylic acids is 1. The molecular weight excluding hydrogens is 234 g/mol. The van der Waals surface area contributed by atoms with Gasteiger partial charge in [0.2, 0.25) is 5.91 Å². The Labute approximate surface area is 105 Å². The Kier molecular flexibility index (Phi) is 2.92. The van der Waals surface area contributed by atoms with E-state index in [-0.39, 0.29) is 5.91 Å². The zero-order valence-electron chi connectivity index (χ0n) is 10.7. The summed E-state index contributed by atoms with van der Waals surface area (Å²) in [5, 5.41) is 9.06. The molecule has 0 aromatic carbocycles. The molecular formula is C13H17NO4. The lowest BCUT2D eigenvalue weighted by Gasteiger charge is -2.16. The zero-order valence-corrected chi connectivity index (χ0v) is 10.7. The summed E-state index contributed by atoms with van der Waals surface area (Å²) in [4.78, 5) is 24.7. The Hall–Kier alpha value is -1.78. The van der Waals surface area contributed by atoms with Crippen LogP contribution < -0.4 is 0 Å². The summed E-state index contributed by atoms with van der Waals surface area (Å²) in [6, 6.07) is 3.55. The molecule has 98 valence electrons. The third-order valence-electron chi connectivity index (χ3n) is 3.71. The fraction of sp³-hybridized carbons (Fsp3) is 0.538. The normalized spacial score (nSPS) is 24.6. The van der Waals surface area contributed by atoms with E-state index in [0.29, 0.717) is 12.3 Å². The zero-order chi connectivity index (χ0) is 13.5. The number of amides is 1. The second-order valence-electron chi connectivity index (χ2n) is 5.39. The maximum Gasteiger partial charge on any atom is 0.307 e. The Morgan fingerprint density at radius 3 is 2.56 bits per heavy atom. The van der Waals surface area contributed by atoms with Gasteiger partial charge in [0.15, 0.2) is 0 Å². The van der Waals surface area contributed by atoms with Crippen LogP contribution in [-0.4, -0.2) is 28.9 Å². The van der Waals surface area contributed by atoms with Gasteiger partial charge >= 0.3 is 5.97 Å². The van der Waals surface area contributed by atoms with Crippen molar-refractivity contribution in [2.75, 3.05) is 7.05 Å². The summed E-state index contributed by atoms with van der Waals surface area (Å²) in [6.45, 7) is 3.99. The van der Waals surface area contributed by atoms with E-state index in [4.69, 9.17) is 9.52 Å². The molecule has 1 aliphatic carbocycles. The minimum atomic E-state index is -0.898. The average Bonchev–Trinajstić information content (AvgIpc) is 2.63. The van der Waals surface area contributed by atoms with Crippen LogP contribution in [0, 0.1) is 17.3 Å². The van der Waals surface area contributed by atoms with E-state index < -0.39 is 23.2 Å². The molecule has 0 unspecified atom stereocenters. The topological polar surface area (TPSA) is 70.8 Å². The lowest BCUT2D eigenvalue weighted by atomic mass is 10.1. The predicted octanol–water partition coefficient (Wildman–Crippen LogP) is 1.59. The molecule has 1 heterocycles. The van der Waals surface area contributed by atoms with Gasteiger partial charge in [0.25, 0.3) is 0 Å². The summed E-state index contributed by atoms with van der Waals surface area (Å²) >= 11 is 0. The lowest BCUT2D eigenvalue weighted by Crippen LogP contribution is -2.29. The highest BCUT2D eigenvalue weighted by atomic mass is 16.4. The molecule has 0 aliphatic heterocycles. The van der Waals surface area contributed by atoms with Crippen LogP contribution in [0.25, 0.3) is 0 Å². The van der Waals surface area contributed by atoms with E-state index in [1.54, 1.807) is 25.4 Å². The largest absolute Gasteiger partial charge is 0.481 e. The number of rotatable bonds is 4. The molecule has 0 radical (unpaired) electrons. The van der Waals surface area contributed by atoms with Gasteiger partial charge in [-0.05, 0) is 17.5 Å². The third-order valence-corrected chi connectivity index (χ3v) is 3.71. The number of hydrogen-bond donors (Lipinski definition) is 1. The lowest BCUT2D eigenvalue weighted by molar-refractivity contribution is -0.141. The number of nitrogens with zero attached hydrogens (tertiary/aromatic N) is 1. The van der Waals surface area contributed by atoms with Crippen LogP contribution in [0.1, 0.15) is 19.6 Å². The van der Waals surface area contributed by atoms with Crippen molar-refractivity contribution < 1.29 is 19.1 Å². The van der Waals surface area contributed by atoms with Gasteiger partial charge in [-0.3, -0.25) is 9.59 Å². The second-order valence-corrected chi connectivity index (χ2v) is 5.39. The standard InChI is InChI=1S/C13H17NO4/c1-13(2)9(10(13)12(16)17)11(15)14(3)7-8-5-4-6-18-8/h4-6,9-10H,7H2,1-3H3,(H,16,17)/t9-,10+/m1/s1. The van der Waals surface area contributed by atoms with Crippen LogP contribution in [0.4, 0.5) is 0 Å². The average molecular weight is 251 g/mol. The van der Waals surface area contributed by atoms with Crippen LogP contribution in [0.5, 0.6) is 0 Å². The molecule has 1 amide bonds. The van der Waals surface area contributed by atoms with E-state index in [1.165, 1.54) is 4.90 Å². The summed E-state index contributed by atoms with van der Waals surface area (Å²) in [5.41, 5.74) is -0.458. The molecule has 1 aromatic heterocycles. The molecule has 5 heteroatoms. The number of hydrogen-bond acceptors (Lipinski definition) is 3. The quantitative estimate of drug-likeness (QED) is 0.882. The Morgan fingerprint density at radius 2 is 2.11 bits per heavy atom. The van der Waals surface area contributed by atoms with Gasteiger partial charge in [-0.15, -0.1) is 0 Å². The number of aliphatic carboxylic acids is 1. The van der Waals surface area contributed by atoms with Crippen LogP contribution >= 0.6 is 0 Å². The monoisotopic (exact) mass is 251 g/mol. The molecule has 5 nitrogen and oxygen atoms in total. The van der Waals surface area contributed by atoms with E-state index in [2.05, 4.69) is 0 Å². The third kappa shape index (κ3) is 2.00. The maximum absolute atomic E-state index is 12.2. The van der Waals surface area contributed by atoms with Crippen molar-refractivity contribution in [3.8, 4) is 0 Å². The number of carboxylic acids is 1. The fourth-order valence-corrected chi connectivity index (χ4v) is 2.51. The molecule has 2 rings (SSSR count). The van der Waals surface area contributed by atoms with E-state index in [9.17, 15) is 9.59 Å². The van der Waals surface area contributed by atoms with Crippen molar-refractivity contribution in [3.05, 3.63) is 24.2 Å². The Balaban J connectivity index is 2.02. The van der Waals surface area contributed by atoms with Crippen LogP contribution in [0.15, 0.2) is 22.8 Å². The molecule has 1 aromatic rings. The Morgan fingerprint density at radius 1 is 1.44 bits per heavy atom. The van der Waals surface area contributed by atoms with Gasteiger partial charge < -0.3 is 14.4 Å². The molecule has 1 N–H and O–H groups in total.